The van der Waals surface area contributed by atoms with E-state index in [2.05, 4.69) is 10.7 Å². The topological polar surface area (TPSA) is 34.1 Å². The zero-order chi connectivity index (χ0) is 10.1. The van der Waals surface area contributed by atoms with Crippen molar-refractivity contribution < 1.29 is 4.74 Å². The molecule has 1 aromatic heterocycles. The molecule has 1 N–H and O–H groups in total. The van der Waals surface area contributed by atoms with Crippen LogP contribution in [0.25, 0.3) is 0 Å². The Labute approximate surface area is 93.9 Å². The van der Waals surface area contributed by atoms with Crippen LogP contribution in [0.15, 0.2) is 5.38 Å². The van der Waals surface area contributed by atoms with E-state index in [4.69, 9.17) is 9.72 Å². The first-order valence-electron chi connectivity index (χ1n) is 5.74. The lowest BCUT2D eigenvalue weighted by atomic mass is 10.2. The third-order valence-corrected chi connectivity index (χ3v) is 4.12. The van der Waals surface area contributed by atoms with Crippen LogP contribution < -0.4 is 5.32 Å². The van der Waals surface area contributed by atoms with Crippen molar-refractivity contribution in [2.75, 3.05) is 13.2 Å². The molecule has 4 heteroatoms. The molecule has 15 heavy (non-hydrogen) atoms. The molecule has 0 aliphatic carbocycles. The highest BCUT2D eigenvalue weighted by molar-refractivity contribution is 7.09. The van der Waals surface area contributed by atoms with E-state index in [0.29, 0.717) is 6.04 Å². The summed E-state index contributed by atoms with van der Waals surface area (Å²) in [5, 5.41) is 6.85. The summed E-state index contributed by atoms with van der Waals surface area (Å²) in [7, 11) is 0. The van der Waals surface area contributed by atoms with Gasteiger partial charge in [-0.2, -0.15) is 0 Å². The Bertz CT molecular complexity index is 297. The van der Waals surface area contributed by atoms with Crippen LogP contribution in [0.2, 0.25) is 0 Å². The van der Waals surface area contributed by atoms with E-state index < -0.39 is 0 Å². The predicted molar refractivity (Wildman–Crippen MR) is 60.0 cm³/mol. The number of nitrogens with one attached hydrogen (secondary N) is 1. The van der Waals surface area contributed by atoms with Crippen LogP contribution >= 0.6 is 11.3 Å². The molecule has 0 radical (unpaired) electrons. The van der Waals surface area contributed by atoms with Crippen molar-refractivity contribution in [1.29, 1.82) is 0 Å². The van der Waals surface area contributed by atoms with Crippen LogP contribution in [-0.4, -0.2) is 18.1 Å². The fourth-order valence-corrected chi connectivity index (χ4v) is 3.27. The SMILES string of the molecule is c1sc(C2CCCO2)nc1[C@H]1CCCN1. The first kappa shape index (κ1) is 9.75. The van der Waals surface area contributed by atoms with Crippen molar-refractivity contribution in [3.8, 4) is 0 Å². The van der Waals surface area contributed by atoms with Crippen molar-refractivity contribution in [1.82, 2.24) is 10.3 Å². The maximum Gasteiger partial charge on any atom is 0.122 e. The summed E-state index contributed by atoms with van der Waals surface area (Å²) < 4.78 is 5.64. The summed E-state index contributed by atoms with van der Waals surface area (Å²) >= 11 is 1.76. The number of nitrogens with zero attached hydrogens (tertiary/aromatic N) is 1. The number of aromatic nitrogens is 1. The average Bonchev–Trinajstić information content (AvgIpc) is 3.02. The Balaban J connectivity index is 1.74. The number of rotatable bonds is 2. The van der Waals surface area contributed by atoms with Gasteiger partial charge in [0.2, 0.25) is 0 Å². The number of hydrogen-bond donors (Lipinski definition) is 1. The Morgan fingerprint density at radius 1 is 1.40 bits per heavy atom. The normalized spacial score (nSPS) is 31.2. The second kappa shape index (κ2) is 4.20. The molecule has 3 heterocycles. The van der Waals surface area contributed by atoms with E-state index in [1.54, 1.807) is 11.3 Å². The molecule has 82 valence electrons. The highest BCUT2D eigenvalue weighted by atomic mass is 32.1. The van der Waals surface area contributed by atoms with Gasteiger partial charge in [0.1, 0.15) is 11.1 Å². The molecule has 0 saturated carbocycles. The summed E-state index contributed by atoms with van der Waals surface area (Å²) in [5.41, 5.74) is 1.23. The zero-order valence-electron chi connectivity index (χ0n) is 8.74. The Kier molecular flexibility index (Phi) is 2.73. The molecule has 2 saturated heterocycles. The van der Waals surface area contributed by atoms with E-state index in [1.807, 2.05) is 0 Å². The van der Waals surface area contributed by atoms with Gasteiger partial charge in [-0.15, -0.1) is 11.3 Å². The smallest absolute Gasteiger partial charge is 0.122 e. The van der Waals surface area contributed by atoms with Gasteiger partial charge in [-0.1, -0.05) is 0 Å². The first-order chi connectivity index (χ1) is 7.43. The predicted octanol–water partition coefficient (Wildman–Crippen LogP) is 2.42. The van der Waals surface area contributed by atoms with Crippen molar-refractivity contribution in [3.63, 3.8) is 0 Å². The lowest BCUT2D eigenvalue weighted by Gasteiger charge is -2.06. The summed E-state index contributed by atoms with van der Waals surface area (Å²) in [6.45, 7) is 2.04. The average molecular weight is 224 g/mol. The molecule has 0 aromatic carbocycles. The third kappa shape index (κ3) is 1.94. The molecule has 1 unspecified atom stereocenters. The molecule has 0 bridgehead atoms. The molecular formula is C11H16N2OS. The minimum Gasteiger partial charge on any atom is -0.371 e. The maximum absolute atomic E-state index is 5.64. The highest BCUT2D eigenvalue weighted by Crippen LogP contribution is 2.33. The van der Waals surface area contributed by atoms with Crippen molar-refractivity contribution in [3.05, 3.63) is 16.1 Å². The molecule has 0 amide bonds. The Morgan fingerprint density at radius 3 is 3.13 bits per heavy atom. The van der Waals surface area contributed by atoms with Crippen LogP contribution in [0.4, 0.5) is 0 Å². The summed E-state index contributed by atoms with van der Waals surface area (Å²) in [5.74, 6) is 0. The summed E-state index contributed by atoms with van der Waals surface area (Å²) in [6, 6.07) is 0.497. The van der Waals surface area contributed by atoms with Crippen LogP contribution in [0.1, 0.15) is 48.5 Å². The molecule has 1 aromatic rings. The van der Waals surface area contributed by atoms with Crippen molar-refractivity contribution >= 4 is 11.3 Å². The van der Waals surface area contributed by atoms with Gasteiger partial charge < -0.3 is 10.1 Å². The van der Waals surface area contributed by atoms with Gasteiger partial charge in [-0.3, -0.25) is 0 Å². The number of thiazole rings is 1. The van der Waals surface area contributed by atoms with Gasteiger partial charge in [0.15, 0.2) is 0 Å². The van der Waals surface area contributed by atoms with Gasteiger partial charge in [0.25, 0.3) is 0 Å². The zero-order valence-corrected chi connectivity index (χ0v) is 9.55. The second-order valence-corrected chi connectivity index (χ2v) is 5.15. The quantitative estimate of drug-likeness (QED) is 0.837. The Morgan fingerprint density at radius 2 is 2.40 bits per heavy atom. The van der Waals surface area contributed by atoms with Crippen LogP contribution in [0.5, 0.6) is 0 Å². The maximum atomic E-state index is 5.64. The Hall–Kier alpha value is -0.450. The lowest BCUT2D eigenvalue weighted by molar-refractivity contribution is 0.111. The minimum atomic E-state index is 0.283. The standard InChI is InChI=1S/C11H16N2OS/c1-3-8(12-5-1)9-7-15-11(13-9)10-4-2-6-14-10/h7-8,10,12H,1-6H2/t8-,10?/m1/s1. The van der Waals surface area contributed by atoms with Gasteiger partial charge in [-0.25, -0.2) is 4.98 Å². The minimum absolute atomic E-state index is 0.283. The third-order valence-electron chi connectivity index (χ3n) is 3.16. The number of ether oxygens (including phenoxy) is 1. The van der Waals surface area contributed by atoms with E-state index in [1.165, 1.54) is 30.0 Å². The van der Waals surface area contributed by atoms with Gasteiger partial charge >= 0.3 is 0 Å². The molecule has 2 aliphatic heterocycles. The first-order valence-corrected chi connectivity index (χ1v) is 6.62. The van der Waals surface area contributed by atoms with Crippen molar-refractivity contribution in [2.45, 2.75) is 37.8 Å². The highest BCUT2D eigenvalue weighted by Gasteiger charge is 2.24. The molecule has 2 atom stereocenters. The largest absolute Gasteiger partial charge is 0.371 e. The molecule has 2 fully saturated rings. The van der Waals surface area contributed by atoms with Crippen molar-refractivity contribution in [2.24, 2.45) is 0 Å². The van der Waals surface area contributed by atoms with E-state index in [-0.39, 0.29) is 6.10 Å². The fraction of sp³-hybridized carbons (Fsp3) is 0.727. The monoisotopic (exact) mass is 224 g/mol. The van der Waals surface area contributed by atoms with E-state index in [0.717, 1.165) is 19.6 Å². The molecule has 3 rings (SSSR count). The summed E-state index contributed by atoms with van der Waals surface area (Å²) in [4.78, 5) is 4.71. The summed E-state index contributed by atoms with van der Waals surface area (Å²) in [6.07, 6.45) is 5.11. The van der Waals surface area contributed by atoms with E-state index in [9.17, 15) is 0 Å². The second-order valence-electron chi connectivity index (χ2n) is 4.26. The van der Waals surface area contributed by atoms with E-state index >= 15 is 0 Å². The van der Waals surface area contributed by atoms with Crippen LogP contribution in [-0.2, 0) is 4.74 Å². The molecule has 3 nitrogen and oxygen atoms in total. The molecule has 2 aliphatic rings. The fourth-order valence-electron chi connectivity index (χ4n) is 2.32. The van der Waals surface area contributed by atoms with Gasteiger partial charge in [0, 0.05) is 12.0 Å². The molecule has 0 spiro atoms. The van der Waals surface area contributed by atoms with Gasteiger partial charge in [0.05, 0.1) is 11.7 Å². The lowest BCUT2D eigenvalue weighted by Crippen LogP contribution is -2.13. The van der Waals surface area contributed by atoms with Crippen LogP contribution in [0.3, 0.4) is 0 Å². The molecular weight excluding hydrogens is 208 g/mol. The number of hydrogen-bond acceptors (Lipinski definition) is 4. The van der Waals surface area contributed by atoms with Gasteiger partial charge in [-0.05, 0) is 32.2 Å². The van der Waals surface area contributed by atoms with Crippen LogP contribution in [0, 0.1) is 0 Å².